The molecule has 0 radical (unpaired) electrons. The van der Waals surface area contributed by atoms with E-state index in [1.165, 1.54) is 45.6 Å². The molecule has 0 aromatic carbocycles. The van der Waals surface area contributed by atoms with Crippen LogP contribution in [0.1, 0.15) is 71.1 Å². The first-order valence-corrected chi connectivity index (χ1v) is 10.2. The van der Waals surface area contributed by atoms with Gasteiger partial charge in [0.05, 0.1) is 19.6 Å². The van der Waals surface area contributed by atoms with Gasteiger partial charge in [0.1, 0.15) is 0 Å². The molecule has 3 rings (SSSR count). The first-order chi connectivity index (χ1) is 12.1. The molecule has 0 aromatic rings. The Hall–Kier alpha value is -1.10. The standard InChI is InChI=1S/C20H34N2O3/c1-13-7-6-10-15-11-17(21-19(13)15)20(24)22-16(12-18(23)25-2)14-8-4-3-5-9-14/h13-17,19,21H,3-12H2,1-2H3,(H,22,24)/t13?,15?,16-,17?,19?/m0/s1. The molecule has 1 saturated heterocycles. The second-order valence-corrected chi connectivity index (χ2v) is 8.44. The monoisotopic (exact) mass is 350 g/mol. The summed E-state index contributed by atoms with van der Waals surface area (Å²) in [4.78, 5) is 24.7. The molecule has 0 bridgehead atoms. The fourth-order valence-electron chi connectivity index (χ4n) is 5.29. The molecule has 142 valence electrons. The van der Waals surface area contributed by atoms with Crippen LogP contribution in [0.3, 0.4) is 0 Å². The average molecular weight is 351 g/mol. The number of rotatable bonds is 5. The minimum atomic E-state index is -0.224. The Kier molecular flexibility index (Phi) is 6.37. The van der Waals surface area contributed by atoms with Gasteiger partial charge in [-0.3, -0.25) is 9.59 Å². The lowest BCUT2D eigenvalue weighted by Gasteiger charge is -2.31. The summed E-state index contributed by atoms with van der Waals surface area (Å²) in [7, 11) is 1.42. The van der Waals surface area contributed by atoms with Crippen molar-refractivity contribution in [3.8, 4) is 0 Å². The van der Waals surface area contributed by atoms with Crippen molar-refractivity contribution in [2.45, 2.75) is 89.3 Å². The zero-order chi connectivity index (χ0) is 17.8. The van der Waals surface area contributed by atoms with Gasteiger partial charge in [-0.15, -0.1) is 0 Å². The highest BCUT2D eigenvalue weighted by Crippen LogP contribution is 2.37. The molecule has 2 aliphatic carbocycles. The SMILES string of the molecule is COC(=O)C[C@H](NC(=O)C1CC2CCCC(C)C2N1)C1CCCCC1. The smallest absolute Gasteiger partial charge is 0.307 e. The van der Waals surface area contributed by atoms with E-state index < -0.39 is 0 Å². The third-order valence-corrected chi connectivity index (χ3v) is 6.76. The van der Waals surface area contributed by atoms with Crippen molar-refractivity contribution in [1.82, 2.24) is 10.6 Å². The summed E-state index contributed by atoms with van der Waals surface area (Å²) in [6, 6.07) is 0.305. The molecule has 5 atom stereocenters. The van der Waals surface area contributed by atoms with E-state index in [2.05, 4.69) is 17.6 Å². The van der Waals surface area contributed by atoms with Gasteiger partial charge in [0.2, 0.25) is 5.91 Å². The Morgan fingerprint density at radius 2 is 1.88 bits per heavy atom. The number of carbonyl (C=O) groups is 2. The molecule has 1 amide bonds. The predicted molar refractivity (Wildman–Crippen MR) is 97.0 cm³/mol. The lowest BCUT2D eigenvalue weighted by atomic mass is 9.78. The number of hydrogen-bond acceptors (Lipinski definition) is 4. The Bertz CT molecular complexity index is 476. The van der Waals surface area contributed by atoms with Crippen molar-refractivity contribution in [1.29, 1.82) is 0 Å². The Morgan fingerprint density at radius 3 is 2.56 bits per heavy atom. The number of ether oxygens (including phenoxy) is 1. The van der Waals surface area contributed by atoms with Crippen LogP contribution in [0, 0.1) is 17.8 Å². The van der Waals surface area contributed by atoms with Crippen molar-refractivity contribution in [2.75, 3.05) is 7.11 Å². The molecule has 2 saturated carbocycles. The van der Waals surface area contributed by atoms with E-state index in [1.54, 1.807) is 0 Å². The molecular weight excluding hydrogens is 316 g/mol. The van der Waals surface area contributed by atoms with Crippen LogP contribution in [0.4, 0.5) is 0 Å². The van der Waals surface area contributed by atoms with Gasteiger partial charge in [-0.1, -0.05) is 32.6 Å². The minimum absolute atomic E-state index is 0.0814. The van der Waals surface area contributed by atoms with E-state index in [4.69, 9.17) is 4.74 Å². The van der Waals surface area contributed by atoms with Crippen molar-refractivity contribution in [3.05, 3.63) is 0 Å². The first-order valence-electron chi connectivity index (χ1n) is 10.2. The topological polar surface area (TPSA) is 67.4 Å². The maximum atomic E-state index is 12.9. The maximum absolute atomic E-state index is 12.9. The number of esters is 1. The lowest BCUT2D eigenvalue weighted by Crippen LogP contribution is -2.50. The number of nitrogens with one attached hydrogen (secondary N) is 2. The minimum Gasteiger partial charge on any atom is -0.469 e. The highest BCUT2D eigenvalue weighted by Gasteiger charge is 2.42. The third-order valence-electron chi connectivity index (χ3n) is 6.76. The fourth-order valence-corrected chi connectivity index (χ4v) is 5.29. The molecule has 3 fully saturated rings. The molecule has 1 heterocycles. The van der Waals surface area contributed by atoms with E-state index in [1.807, 2.05) is 0 Å². The van der Waals surface area contributed by atoms with Crippen LogP contribution >= 0.6 is 0 Å². The second-order valence-electron chi connectivity index (χ2n) is 8.44. The molecule has 5 nitrogen and oxygen atoms in total. The molecular formula is C20H34N2O3. The molecule has 3 aliphatic rings. The highest BCUT2D eigenvalue weighted by atomic mass is 16.5. The lowest BCUT2D eigenvalue weighted by molar-refractivity contribution is -0.141. The molecule has 4 unspecified atom stereocenters. The quantitative estimate of drug-likeness (QED) is 0.748. The van der Waals surface area contributed by atoms with Gasteiger partial charge in [-0.2, -0.15) is 0 Å². The van der Waals surface area contributed by atoms with Gasteiger partial charge >= 0.3 is 5.97 Å². The largest absolute Gasteiger partial charge is 0.469 e. The van der Waals surface area contributed by atoms with Gasteiger partial charge < -0.3 is 15.4 Å². The summed E-state index contributed by atoms with van der Waals surface area (Å²) < 4.78 is 4.86. The summed E-state index contributed by atoms with van der Waals surface area (Å²) in [6.07, 6.45) is 10.9. The number of methoxy groups -OCH3 is 1. The van der Waals surface area contributed by atoms with Gasteiger partial charge in [0, 0.05) is 12.1 Å². The van der Waals surface area contributed by atoms with Crippen LogP contribution in [0.5, 0.6) is 0 Å². The molecule has 0 aromatic heterocycles. The van der Waals surface area contributed by atoms with E-state index in [9.17, 15) is 9.59 Å². The Balaban J connectivity index is 1.60. The average Bonchev–Trinajstić information content (AvgIpc) is 3.07. The van der Waals surface area contributed by atoms with Crippen LogP contribution in [-0.4, -0.2) is 37.1 Å². The Morgan fingerprint density at radius 1 is 1.12 bits per heavy atom. The normalized spacial score (nSPS) is 34.2. The summed E-state index contributed by atoms with van der Waals surface area (Å²) >= 11 is 0. The first kappa shape index (κ1) is 18.7. The van der Waals surface area contributed by atoms with Crippen LogP contribution < -0.4 is 10.6 Å². The Labute approximate surface area is 151 Å². The van der Waals surface area contributed by atoms with E-state index in [0.29, 0.717) is 30.2 Å². The van der Waals surface area contributed by atoms with E-state index in [-0.39, 0.29) is 24.0 Å². The predicted octanol–water partition coefficient (Wildman–Crippen LogP) is 2.78. The molecule has 0 spiro atoms. The number of amides is 1. The molecule has 25 heavy (non-hydrogen) atoms. The molecule has 1 aliphatic heterocycles. The second kappa shape index (κ2) is 8.52. The summed E-state index contributed by atoms with van der Waals surface area (Å²) in [5, 5.41) is 6.81. The third kappa shape index (κ3) is 4.55. The van der Waals surface area contributed by atoms with Crippen molar-refractivity contribution >= 4 is 11.9 Å². The van der Waals surface area contributed by atoms with Gasteiger partial charge in [0.25, 0.3) is 0 Å². The van der Waals surface area contributed by atoms with Crippen molar-refractivity contribution < 1.29 is 14.3 Å². The van der Waals surface area contributed by atoms with Gasteiger partial charge in [0.15, 0.2) is 0 Å². The van der Waals surface area contributed by atoms with Crippen LogP contribution in [-0.2, 0) is 14.3 Å². The molecule has 2 N–H and O–H groups in total. The van der Waals surface area contributed by atoms with Gasteiger partial charge in [-0.05, 0) is 49.9 Å². The van der Waals surface area contributed by atoms with E-state index in [0.717, 1.165) is 19.3 Å². The van der Waals surface area contributed by atoms with Crippen LogP contribution in [0.2, 0.25) is 0 Å². The van der Waals surface area contributed by atoms with E-state index >= 15 is 0 Å². The molecule has 5 heteroatoms. The zero-order valence-electron chi connectivity index (χ0n) is 15.8. The summed E-state index contributed by atoms with van der Waals surface area (Å²) in [5.41, 5.74) is 0. The number of carbonyl (C=O) groups excluding carboxylic acids is 2. The number of fused-ring (bicyclic) bond motifs is 1. The van der Waals surface area contributed by atoms with Crippen molar-refractivity contribution in [3.63, 3.8) is 0 Å². The van der Waals surface area contributed by atoms with Crippen LogP contribution in [0.15, 0.2) is 0 Å². The highest BCUT2D eigenvalue weighted by molar-refractivity contribution is 5.83. The fraction of sp³-hybridized carbons (Fsp3) is 0.900. The van der Waals surface area contributed by atoms with Crippen molar-refractivity contribution in [2.24, 2.45) is 17.8 Å². The zero-order valence-corrected chi connectivity index (χ0v) is 15.8. The van der Waals surface area contributed by atoms with Gasteiger partial charge in [-0.25, -0.2) is 0 Å². The maximum Gasteiger partial charge on any atom is 0.307 e. The van der Waals surface area contributed by atoms with Crippen LogP contribution in [0.25, 0.3) is 0 Å². The number of hydrogen-bond donors (Lipinski definition) is 2. The summed E-state index contributed by atoms with van der Waals surface area (Å²) in [5.74, 6) is 1.55. The summed E-state index contributed by atoms with van der Waals surface area (Å²) in [6.45, 7) is 2.30.